The van der Waals surface area contributed by atoms with E-state index < -0.39 is 10.0 Å². The van der Waals surface area contributed by atoms with E-state index in [0.717, 1.165) is 12.8 Å². The van der Waals surface area contributed by atoms with Crippen molar-refractivity contribution in [3.63, 3.8) is 0 Å². The van der Waals surface area contributed by atoms with Crippen LogP contribution in [0.4, 0.5) is 0 Å². The van der Waals surface area contributed by atoms with Gasteiger partial charge in [-0.05, 0) is 32.6 Å². The topological polar surface area (TPSA) is 81.4 Å². The van der Waals surface area contributed by atoms with Crippen LogP contribution in [0.3, 0.4) is 0 Å². The Balaban J connectivity index is 0.00000256. The minimum absolute atomic E-state index is 0. The third kappa shape index (κ3) is 7.21. The second kappa shape index (κ2) is 7.53. The molecule has 0 saturated heterocycles. The van der Waals surface area contributed by atoms with E-state index in [1.807, 2.05) is 13.8 Å². The number of hydrogen-bond donors (Lipinski definition) is 2. The summed E-state index contributed by atoms with van der Waals surface area (Å²) in [6.45, 7) is 4.36. The average molecular weight is 287 g/mol. The Morgan fingerprint density at radius 1 is 1.41 bits per heavy atom. The standard InChI is InChI=1S/C10H22N2O3S.ClH/c1-8(2)15-5-6-16(13,14)12-10(7-11)9-3-4-9;/h8-10,12H,3-7,11H2,1-2H3;1H. The number of nitrogens with one attached hydrogen (secondary N) is 1. The summed E-state index contributed by atoms with van der Waals surface area (Å²) in [6, 6.07) is -0.0935. The average Bonchev–Trinajstić information content (AvgIpc) is 2.96. The van der Waals surface area contributed by atoms with Gasteiger partial charge in [-0.2, -0.15) is 0 Å². The van der Waals surface area contributed by atoms with Gasteiger partial charge in [0, 0.05) is 12.6 Å². The summed E-state index contributed by atoms with van der Waals surface area (Å²) in [5.41, 5.74) is 5.54. The van der Waals surface area contributed by atoms with Crippen molar-refractivity contribution in [3.05, 3.63) is 0 Å². The zero-order chi connectivity index (χ0) is 12.2. The molecule has 0 aromatic rings. The van der Waals surface area contributed by atoms with Gasteiger partial charge < -0.3 is 10.5 Å². The highest BCUT2D eigenvalue weighted by Gasteiger charge is 2.32. The molecule has 1 aliphatic carbocycles. The van der Waals surface area contributed by atoms with Crippen LogP contribution in [-0.4, -0.2) is 39.5 Å². The predicted octanol–water partition coefficient (Wildman–Crippen LogP) is 0.490. The molecule has 1 unspecified atom stereocenters. The van der Waals surface area contributed by atoms with Gasteiger partial charge in [0.15, 0.2) is 0 Å². The van der Waals surface area contributed by atoms with Gasteiger partial charge in [0.25, 0.3) is 0 Å². The van der Waals surface area contributed by atoms with Crippen molar-refractivity contribution in [2.75, 3.05) is 18.9 Å². The van der Waals surface area contributed by atoms with Gasteiger partial charge in [-0.25, -0.2) is 13.1 Å². The molecule has 0 radical (unpaired) electrons. The molecule has 104 valence electrons. The molecule has 1 aliphatic rings. The number of nitrogens with two attached hydrogens (primary N) is 1. The molecule has 1 saturated carbocycles. The molecular weight excluding hydrogens is 264 g/mol. The fourth-order valence-electron chi connectivity index (χ4n) is 1.52. The summed E-state index contributed by atoms with van der Waals surface area (Å²) < 4.78 is 31.2. The summed E-state index contributed by atoms with van der Waals surface area (Å²) >= 11 is 0. The van der Waals surface area contributed by atoms with Gasteiger partial charge in [0.2, 0.25) is 10.0 Å². The smallest absolute Gasteiger partial charge is 0.214 e. The van der Waals surface area contributed by atoms with Crippen LogP contribution in [0.2, 0.25) is 0 Å². The first-order valence-corrected chi connectivity index (χ1v) is 7.41. The second-order valence-electron chi connectivity index (χ2n) is 4.54. The number of rotatable bonds is 8. The van der Waals surface area contributed by atoms with Crippen molar-refractivity contribution in [2.45, 2.75) is 38.8 Å². The molecule has 0 bridgehead atoms. The lowest BCUT2D eigenvalue weighted by atomic mass is 10.2. The van der Waals surface area contributed by atoms with E-state index >= 15 is 0 Å². The number of halogens is 1. The Labute approximate surface area is 110 Å². The van der Waals surface area contributed by atoms with Gasteiger partial charge in [0.05, 0.1) is 18.5 Å². The van der Waals surface area contributed by atoms with Gasteiger partial charge in [-0.1, -0.05) is 0 Å². The minimum Gasteiger partial charge on any atom is -0.378 e. The first-order valence-electron chi connectivity index (χ1n) is 5.76. The maximum absolute atomic E-state index is 11.7. The molecule has 0 aromatic carbocycles. The van der Waals surface area contributed by atoms with Gasteiger partial charge in [-0.3, -0.25) is 0 Å². The lowest BCUT2D eigenvalue weighted by molar-refractivity contribution is 0.0911. The van der Waals surface area contributed by atoms with E-state index in [1.54, 1.807) is 0 Å². The normalized spacial score (nSPS) is 17.9. The minimum atomic E-state index is -3.25. The molecule has 1 fully saturated rings. The summed E-state index contributed by atoms with van der Waals surface area (Å²) in [6.07, 6.45) is 2.21. The Bertz CT molecular complexity index is 305. The van der Waals surface area contributed by atoms with Crippen LogP contribution in [0.25, 0.3) is 0 Å². The first-order chi connectivity index (χ1) is 7.44. The van der Waals surface area contributed by atoms with E-state index in [1.165, 1.54) is 0 Å². The largest absolute Gasteiger partial charge is 0.378 e. The van der Waals surface area contributed by atoms with Crippen LogP contribution < -0.4 is 10.5 Å². The molecule has 0 aliphatic heterocycles. The number of sulfonamides is 1. The third-order valence-corrected chi connectivity index (χ3v) is 3.95. The molecule has 0 spiro atoms. The van der Waals surface area contributed by atoms with Crippen molar-refractivity contribution in [1.82, 2.24) is 4.72 Å². The predicted molar refractivity (Wildman–Crippen MR) is 70.8 cm³/mol. The van der Waals surface area contributed by atoms with Crippen LogP contribution in [0.15, 0.2) is 0 Å². The summed E-state index contributed by atoms with van der Waals surface area (Å²) in [4.78, 5) is 0. The molecule has 1 rings (SSSR count). The SMILES string of the molecule is CC(C)OCCS(=O)(=O)NC(CN)C1CC1.Cl. The molecule has 0 amide bonds. The second-order valence-corrected chi connectivity index (χ2v) is 6.41. The molecule has 7 heteroatoms. The highest BCUT2D eigenvalue weighted by molar-refractivity contribution is 7.89. The highest BCUT2D eigenvalue weighted by atomic mass is 35.5. The maximum atomic E-state index is 11.7. The third-order valence-electron chi connectivity index (χ3n) is 2.58. The van der Waals surface area contributed by atoms with Crippen LogP contribution in [-0.2, 0) is 14.8 Å². The molecule has 0 aromatic heterocycles. The Morgan fingerprint density at radius 2 is 2.00 bits per heavy atom. The van der Waals surface area contributed by atoms with Crippen molar-refractivity contribution in [3.8, 4) is 0 Å². The molecule has 0 heterocycles. The van der Waals surface area contributed by atoms with Crippen LogP contribution in [0.5, 0.6) is 0 Å². The Hall–Kier alpha value is 0.120. The van der Waals surface area contributed by atoms with Gasteiger partial charge in [-0.15, -0.1) is 12.4 Å². The Morgan fingerprint density at radius 3 is 2.41 bits per heavy atom. The van der Waals surface area contributed by atoms with Crippen molar-refractivity contribution in [2.24, 2.45) is 11.7 Å². The zero-order valence-electron chi connectivity index (χ0n) is 10.4. The van der Waals surface area contributed by atoms with E-state index in [4.69, 9.17) is 10.5 Å². The first kappa shape index (κ1) is 17.1. The van der Waals surface area contributed by atoms with Gasteiger partial charge >= 0.3 is 0 Å². The maximum Gasteiger partial charge on any atom is 0.214 e. The van der Waals surface area contributed by atoms with Crippen LogP contribution in [0, 0.1) is 5.92 Å². The lowest BCUT2D eigenvalue weighted by Crippen LogP contribution is -2.43. The zero-order valence-corrected chi connectivity index (χ0v) is 12.0. The fraction of sp³-hybridized carbons (Fsp3) is 1.00. The van der Waals surface area contributed by atoms with E-state index in [9.17, 15) is 8.42 Å². The molecular formula is C10H23ClN2O3S. The Kier molecular flexibility index (Phi) is 7.58. The van der Waals surface area contributed by atoms with E-state index in [0.29, 0.717) is 12.5 Å². The van der Waals surface area contributed by atoms with Gasteiger partial charge in [0.1, 0.15) is 0 Å². The quantitative estimate of drug-likeness (QED) is 0.680. The van der Waals surface area contributed by atoms with E-state index in [2.05, 4.69) is 4.72 Å². The number of hydrogen-bond acceptors (Lipinski definition) is 4. The summed E-state index contributed by atoms with van der Waals surface area (Å²) in [5.74, 6) is 0.444. The molecule has 17 heavy (non-hydrogen) atoms. The number of ether oxygens (including phenoxy) is 1. The van der Waals surface area contributed by atoms with E-state index in [-0.39, 0.29) is 36.9 Å². The van der Waals surface area contributed by atoms with Crippen molar-refractivity contribution in [1.29, 1.82) is 0 Å². The molecule has 5 nitrogen and oxygen atoms in total. The molecule has 3 N–H and O–H groups in total. The summed E-state index contributed by atoms with van der Waals surface area (Å²) in [7, 11) is -3.25. The fourth-order valence-corrected chi connectivity index (χ4v) is 2.70. The molecule has 1 atom stereocenters. The van der Waals surface area contributed by atoms with Crippen molar-refractivity contribution >= 4 is 22.4 Å². The lowest BCUT2D eigenvalue weighted by Gasteiger charge is -2.16. The van der Waals surface area contributed by atoms with Crippen molar-refractivity contribution < 1.29 is 13.2 Å². The monoisotopic (exact) mass is 286 g/mol. The van der Waals surface area contributed by atoms with Crippen LogP contribution in [0.1, 0.15) is 26.7 Å². The highest BCUT2D eigenvalue weighted by Crippen LogP contribution is 2.32. The van der Waals surface area contributed by atoms with Crippen LogP contribution >= 0.6 is 12.4 Å². The summed E-state index contributed by atoms with van der Waals surface area (Å²) in [5, 5.41) is 0.